The van der Waals surface area contributed by atoms with E-state index in [1.807, 2.05) is 12.3 Å². The molecular formula is C16H24N2O2. The van der Waals surface area contributed by atoms with Crippen LogP contribution in [0.3, 0.4) is 0 Å². The molecular weight excluding hydrogens is 252 g/mol. The normalized spacial score (nSPS) is 22.4. The van der Waals surface area contributed by atoms with Crippen LogP contribution in [-0.4, -0.2) is 28.3 Å². The highest BCUT2D eigenvalue weighted by Crippen LogP contribution is 2.36. The van der Waals surface area contributed by atoms with E-state index in [4.69, 9.17) is 4.74 Å². The van der Waals surface area contributed by atoms with Gasteiger partial charge in [-0.25, -0.2) is 0 Å². The summed E-state index contributed by atoms with van der Waals surface area (Å²) in [5.74, 6) is 0.195. The van der Waals surface area contributed by atoms with E-state index in [9.17, 15) is 4.79 Å². The summed E-state index contributed by atoms with van der Waals surface area (Å²) >= 11 is 0. The van der Waals surface area contributed by atoms with E-state index >= 15 is 0 Å². The molecule has 0 spiro atoms. The molecule has 0 aromatic carbocycles. The maximum atomic E-state index is 12.4. The van der Waals surface area contributed by atoms with Crippen molar-refractivity contribution in [3.63, 3.8) is 0 Å². The molecule has 0 radical (unpaired) electrons. The number of ketones is 1. The molecule has 0 atom stereocenters. The van der Waals surface area contributed by atoms with Crippen LogP contribution in [0.5, 0.6) is 0 Å². The van der Waals surface area contributed by atoms with E-state index < -0.39 is 5.60 Å². The Morgan fingerprint density at radius 3 is 2.70 bits per heavy atom. The minimum absolute atomic E-state index is 0.195. The summed E-state index contributed by atoms with van der Waals surface area (Å²) in [6.45, 7) is 0. The van der Waals surface area contributed by atoms with Crippen LogP contribution in [-0.2, 0) is 16.0 Å². The molecule has 3 rings (SSSR count). The van der Waals surface area contributed by atoms with Crippen LogP contribution in [0.4, 0.5) is 0 Å². The Balaban J connectivity index is 1.63. The third-order valence-electron chi connectivity index (χ3n) is 5.01. The lowest BCUT2D eigenvalue weighted by Crippen LogP contribution is -2.47. The van der Waals surface area contributed by atoms with Gasteiger partial charge in [0.1, 0.15) is 5.60 Å². The predicted molar refractivity (Wildman–Crippen MR) is 76.7 cm³/mol. The number of methoxy groups -OCH3 is 1. The molecule has 0 aliphatic heterocycles. The second-order valence-corrected chi connectivity index (χ2v) is 6.23. The van der Waals surface area contributed by atoms with Crippen LogP contribution >= 0.6 is 0 Å². The standard InChI is InChI=1S/C16H24N2O2/c1-20-16(9-5-10-16)15(19)12-13-8-11-18(17-13)14-6-3-2-4-7-14/h8,11,14H,2-7,9-10,12H2,1H3. The van der Waals surface area contributed by atoms with E-state index in [1.165, 1.54) is 32.1 Å². The van der Waals surface area contributed by atoms with Crippen molar-refractivity contribution in [3.05, 3.63) is 18.0 Å². The number of carbonyl (C=O) groups excluding carboxylic acids is 1. The lowest BCUT2D eigenvalue weighted by atomic mass is 9.75. The highest BCUT2D eigenvalue weighted by molar-refractivity contribution is 5.89. The molecule has 0 unspecified atom stereocenters. The Labute approximate surface area is 120 Å². The van der Waals surface area contributed by atoms with Gasteiger partial charge in [-0.05, 0) is 38.2 Å². The Hall–Kier alpha value is -1.16. The van der Waals surface area contributed by atoms with Gasteiger partial charge in [0.25, 0.3) is 0 Å². The van der Waals surface area contributed by atoms with Crippen molar-refractivity contribution in [2.45, 2.75) is 69.4 Å². The second-order valence-electron chi connectivity index (χ2n) is 6.23. The first kappa shape index (κ1) is 13.8. The Morgan fingerprint density at radius 2 is 2.10 bits per heavy atom. The largest absolute Gasteiger partial charge is 0.370 e. The lowest BCUT2D eigenvalue weighted by Gasteiger charge is -2.38. The summed E-state index contributed by atoms with van der Waals surface area (Å²) in [5, 5.41) is 4.62. The zero-order chi connectivity index (χ0) is 14.0. The van der Waals surface area contributed by atoms with Crippen molar-refractivity contribution < 1.29 is 9.53 Å². The molecule has 110 valence electrons. The van der Waals surface area contributed by atoms with Gasteiger partial charge >= 0.3 is 0 Å². The molecule has 1 heterocycles. The maximum absolute atomic E-state index is 12.4. The Bertz CT molecular complexity index is 465. The number of hydrogen-bond acceptors (Lipinski definition) is 3. The van der Waals surface area contributed by atoms with Crippen molar-refractivity contribution in [2.24, 2.45) is 0 Å². The molecule has 0 N–H and O–H groups in total. The van der Waals surface area contributed by atoms with Crippen LogP contribution in [0.1, 0.15) is 63.1 Å². The molecule has 20 heavy (non-hydrogen) atoms. The summed E-state index contributed by atoms with van der Waals surface area (Å²) in [4.78, 5) is 12.4. The average Bonchev–Trinajstić information content (AvgIpc) is 2.88. The molecule has 1 aromatic heterocycles. The van der Waals surface area contributed by atoms with Crippen LogP contribution in [0.25, 0.3) is 0 Å². The van der Waals surface area contributed by atoms with Gasteiger partial charge in [-0.15, -0.1) is 0 Å². The third-order valence-corrected chi connectivity index (χ3v) is 5.01. The average molecular weight is 276 g/mol. The summed E-state index contributed by atoms with van der Waals surface area (Å²) in [7, 11) is 1.65. The third kappa shape index (κ3) is 2.53. The number of rotatable bonds is 5. The van der Waals surface area contributed by atoms with Crippen molar-refractivity contribution in [3.8, 4) is 0 Å². The first-order valence-electron chi connectivity index (χ1n) is 7.86. The van der Waals surface area contributed by atoms with Gasteiger partial charge in [-0.2, -0.15) is 5.10 Å². The molecule has 0 saturated heterocycles. The fraction of sp³-hybridized carbons (Fsp3) is 0.750. The van der Waals surface area contributed by atoms with Crippen LogP contribution in [0.15, 0.2) is 12.3 Å². The SMILES string of the molecule is COC1(C(=O)Cc2ccn(C3CCCCC3)n2)CCC1. The lowest BCUT2D eigenvalue weighted by molar-refractivity contribution is -0.151. The molecule has 0 amide bonds. The first-order valence-corrected chi connectivity index (χ1v) is 7.86. The van der Waals surface area contributed by atoms with E-state index in [0.29, 0.717) is 12.5 Å². The van der Waals surface area contributed by atoms with Gasteiger partial charge in [0.15, 0.2) is 5.78 Å². The highest BCUT2D eigenvalue weighted by atomic mass is 16.5. The quantitative estimate of drug-likeness (QED) is 0.830. The molecule has 2 saturated carbocycles. The topological polar surface area (TPSA) is 44.1 Å². The summed E-state index contributed by atoms with van der Waals surface area (Å²) in [5.41, 5.74) is 0.387. The fourth-order valence-corrected chi connectivity index (χ4v) is 3.44. The molecule has 2 fully saturated rings. The van der Waals surface area contributed by atoms with Gasteiger partial charge in [0.2, 0.25) is 0 Å². The Kier molecular flexibility index (Phi) is 3.92. The summed E-state index contributed by atoms with van der Waals surface area (Å²) in [6, 6.07) is 2.53. The number of aromatic nitrogens is 2. The molecule has 2 aliphatic carbocycles. The molecule has 0 bridgehead atoms. The highest BCUT2D eigenvalue weighted by Gasteiger charge is 2.43. The zero-order valence-electron chi connectivity index (χ0n) is 12.3. The van der Waals surface area contributed by atoms with E-state index in [1.54, 1.807) is 7.11 Å². The zero-order valence-corrected chi connectivity index (χ0v) is 12.3. The molecule has 2 aliphatic rings. The number of hydrogen-bond donors (Lipinski definition) is 0. The Morgan fingerprint density at radius 1 is 1.35 bits per heavy atom. The van der Waals surface area contributed by atoms with Crippen molar-refractivity contribution in [2.75, 3.05) is 7.11 Å². The fourth-order valence-electron chi connectivity index (χ4n) is 3.44. The van der Waals surface area contributed by atoms with Gasteiger partial charge in [-0.1, -0.05) is 19.3 Å². The summed E-state index contributed by atoms with van der Waals surface area (Å²) < 4.78 is 7.52. The first-order chi connectivity index (χ1) is 9.73. The maximum Gasteiger partial charge on any atom is 0.170 e. The number of ether oxygens (including phenoxy) is 1. The van der Waals surface area contributed by atoms with Gasteiger partial charge in [-0.3, -0.25) is 9.48 Å². The minimum atomic E-state index is -0.505. The van der Waals surface area contributed by atoms with E-state index in [2.05, 4.69) is 9.78 Å². The number of nitrogens with zero attached hydrogens (tertiary/aromatic N) is 2. The van der Waals surface area contributed by atoms with Gasteiger partial charge in [0, 0.05) is 13.3 Å². The van der Waals surface area contributed by atoms with E-state index in [-0.39, 0.29) is 5.78 Å². The smallest absolute Gasteiger partial charge is 0.170 e. The number of carbonyl (C=O) groups is 1. The van der Waals surface area contributed by atoms with Crippen LogP contribution in [0, 0.1) is 0 Å². The van der Waals surface area contributed by atoms with Gasteiger partial charge in [0.05, 0.1) is 18.2 Å². The van der Waals surface area contributed by atoms with Crippen LogP contribution in [0.2, 0.25) is 0 Å². The van der Waals surface area contributed by atoms with E-state index in [0.717, 1.165) is 25.0 Å². The van der Waals surface area contributed by atoms with Gasteiger partial charge < -0.3 is 4.74 Å². The van der Waals surface area contributed by atoms with Crippen molar-refractivity contribution in [1.82, 2.24) is 9.78 Å². The minimum Gasteiger partial charge on any atom is -0.370 e. The van der Waals surface area contributed by atoms with Crippen LogP contribution < -0.4 is 0 Å². The predicted octanol–water partition coefficient (Wildman–Crippen LogP) is 3.07. The molecule has 1 aromatic rings. The number of Topliss-reactive ketones (excluding diaryl/α,β-unsaturated/α-hetero) is 1. The molecule has 4 heteroatoms. The monoisotopic (exact) mass is 276 g/mol. The summed E-state index contributed by atoms with van der Waals surface area (Å²) in [6.07, 6.45) is 11.7. The van der Waals surface area contributed by atoms with Crippen molar-refractivity contribution in [1.29, 1.82) is 0 Å². The van der Waals surface area contributed by atoms with Crippen molar-refractivity contribution >= 4 is 5.78 Å². The second kappa shape index (κ2) is 5.68. The molecule has 4 nitrogen and oxygen atoms in total.